The highest BCUT2D eigenvalue weighted by atomic mass is 35.5. The van der Waals surface area contributed by atoms with Crippen molar-refractivity contribution in [3.63, 3.8) is 0 Å². The fourth-order valence-corrected chi connectivity index (χ4v) is 5.37. The van der Waals surface area contributed by atoms with Crippen molar-refractivity contribution in [2.45, 2.75) is 32.4 Å². The largest absolute Gasteiger partial charge is 0.486 e. The molecule has 2 aromatic carbocycles. The summed E-state index contributed by atoms with van der Waals surface area (Å²) in [6, 6.07) is 17.4. The van der Waals surface area contributed by atoms with Crippen molar-refractivity contribution < 1.29 is 9.84 Å². The summed E-state index contributed by atoms with van der Waals surface area (Å²) in [5.41, 5.74) is 5.91. The van der Waals surface area contributed by atoms with Crippen LogP contribution in [0.4, 0.5) is 11.5 Å². The van der Waals surface area contributed by atoms with Gasteiger partial charge in [-0.25, -0.2) is 9.97 Å². The SMILES string of the molecule is OCCc1cn(-c2ccc3ncnc(Nc4ccc(OCc5ccccn5)c(Cl)c4)c3c2)cc1CN1CCCC1. The van der Waals surface area contributed by atoms with Crippen LogP contribution in [0.25, 0.3) is 16.6 Å². The first-order chi connectivity index (χ1) is 19.7. The second-order valence-electron chi connectivity index (χ2n) is 9.98. The first kappa shape index (κ1) is 26.3. The predicted octanol–water partition coefficient (Wildman–Crippen LogP) is 5.92. The Hall–Kier alpha value is -3.98. The van der Waals surface area contributed by atoms with Gasteiger partial charge in [0.15, 0.2) is 0 Å². The minimum atomic E-state index is 0.131. The van der Waals surface area contributed by atoms with Gasteiger partial charge in [-0.15, -0.1) is 0 Å². The number of fused-ring (bicyclic) bond motifs is 1. The molecule has 0 unspecified atom stereocenters. The molecular weight excluding hydrogens is 524 g/mol. The van der Waals surface area contributed by atoms with Crippen LogP contribution in [-0.2, 0) is 19.6 Å². The van der Waals surface area contributed by atoms with Crippen molar-refractivity contribution >= 4 is 34.0 Å². The third-order valence-electron chi connectivity index (χ3n) is 7.19. The molecule has 2 N–H and O–H groups in total. The van der Waals surface area contributed by atoms with Gasteiger partial charge >= 0.3 is 0 Å². The minimum absolute atomic E-state index is 0.131. The normalized spacial score (nSPS) is 13.7. The van der Waals surface area contributed by atoms with Gasteiger partial charge in [-0.1, -0.05) is 17.7 Å². The van der Waals surface area contributed by atoms with Gasteiger partial charge in [0.2, 0.25) is 0 Å². The third-order valence-corrected chi connectivity index (χ3v) is 7.48. The molecule has 0 atom stereocenters. The van der Waals surface area contributed by atoms with Crippen LogP contribution in [0.5, 0.6) is 5.75 Å². The summed E-state index contributed by atoms with van der Waals surface area (Å²) in [6.07, 6.45) is 10.8. The molecule has 0 saturated carbocycles. The fourth-order valence-electron chi connectivity index (χ4n) is 5.13. The van der Waals surface area contributed by atoms with Crippen LogP contribution < -0.4 is 10.1 Å². The van der Waals surface area contributed by atoms with E-state index in [-0.39, 0.29) is 6.61 Å². The summed E-state index contributed by atoms with van der Waals surface area (Å²) in [4.78, 5) is 15.8. The van der Waals surface area contributed by atoms with Crippen LogP contribution in [0, 0.1) is 0 Å². The standard InChI is InChI=1S/C31H31ClN6O2/c32-28-15-24(6-9-30(28)40-20-25-5-1-2-11-33-25)36-31-27-16-26(7-8-29(27)34-21-35-31)38-18-22(10-14-39)23(19-38)17-37-12-3-4-13-37/h1-2,5-9,11,15-16,18-19,21,39H,3-4,10,12-14,17,20H2,(H,34,35,36). The number of benzene rings is 2. The van der Waals surface area contributed by atoms with Crippen LogP contribution in [0.1, 0.15) is 29.7 Å². The molecule has 6 rings (SSSR count). The van der Waals surface area contributed by atoms with Crippen molar-refractivity contribution in [1.29, 1.82) is 0 Å². The molecule has 0 aliphatic carbocycles. The molecule has 0 bridgehead atoms. The summed E-state index contributed by atoms with van der Waals surface area (Å²) in [5, 5.41) is 14.4. The Morgan fingerprint density at radius 2 is 1.82 bits per heavy atom. The highest BCUT2D eigenvalue weighted by Gasteiger charge is 2.16. The summed E-state index contributed by atoms with van der Waals surface area (Å²) < 4.78 is 8.00. The van der Waals surface area contributed by atoms with Crippen molar-refractivity contribution in [2.75, 3.05) is 25.0 Å². The molecule has 1 aliphatic rings. The van der Waals surface area contributed by atoms with Gasteiger partial charge in [-0.2, -0.15) is 0 Å². The second kappa shape index (κ2) is 12.0. The van der Waals surface area contributed by atoms with E-state index in [2.05, 4.69) is 54.3 Å². The van der Waals surface area contributed by atoms with E-state index in [1.807, 2.05) is 42.5 Å². The van der Waals surface area contributed by atoms with Gasteiger partial charge in [0, 0.05) is 48.5 Å². The minimum Gasteiger partial charge on any atom is -0.486 e. The maximum atomic E-state index is 9.65. The van der Waals surface area contributed by atoms with Crippen LogP contribution >= 0.6 is 11.6 Å². The number of aliphatic hydroxyl groups excluding tert-OH is 1. The van der Waals surface area contributed by atoms with Crippen molar-refractivity contribution in [3.05, 3.63) is 101 Å². The summed E-state index contributed by atoms with van der Waals surface area (Å²) >= 11 is 6.55. The van der Waals surface area contributed by atoms with Gasteiger partial charge in [-0.05, 0) is 92.0 Å². The van der Waals surface area contributed by atoms with E-state index >= 15 is 0 Å². The Morgan fingerprint density at radius 3 is 2.62 bits per heavy atom. The Balaban J connectivity index is 1.24. The average Bonchev–Trinajstić information content (AvgIpc) is 3.64. The van der Waals surface area contributed by atoms with Crippen LogP contribution in [0.2, 0.25) is 5.02 Å². The van der Waals surface area contributed by atoms with E-state index in [1.54, 1.807) is 12.5 Å². The Morgan fingerprint density at radius 1 is 0.950 bits per heavy atom. The molecule has 40 heavy (non-hydrogen) atoms. The topological polar surface area (TPSA) is 88.3 Å². The number of anilines is 2. The maximum absolute atomic E-state index is 9.65. The van der Waals surface area contributed by atoms with Gasteiger partial charge in [-0.3, -0.25) is 9.88 Å². The zero-order valence-electron chi connectivity index (χ0n) is 22.1. The van der Waals surface area contributed by atoms with E-state index in [0.29, 0.717) is 29.6 Å². The molecule has 204 valence electrons. The molecule has 1 aliphatic heterocycles. The van der Waals surface area contributed by atoms with Crippen LogP contribution in [0.15, 0.2) is 79.5 Å². The van der Waals surface area contributed by atoms with E-state index in [1.165, 1.54) is 24.0 Å². The van der Waals surface area contributed by atoms with Gasteiger partial charge in [0.25, 0.3) is 0 Å². The fraction of sp³-hybridized carbons (Fsp3) is 0.258. The number of likely N-dealkylation sites (tertiary alicyclic amines) is 1. The lowest BCUT2D eigenvalue weighted by Gasteiger charge is -2.14. The Kier molecular flexibility index (Phi) is 7.90. The van der Waals surface area contributed by atoms with E-state index in [4.69, 9.17) is 16.3 Å². The molecule has 5 aromatic rings. The predicted molar refractivity (Wildman–Crippen MR) is 157 cm³/mol. The number of aliphatic hydroxyl groups is 1. The molecule has 0 amide bonds. The molecule has 9 heteroatoms. The first-order valence-corrected chi connectivity index (χ1v) is 13.9. The zero-order chi connectivity index (χ0) is 27.3. The number of nitrogens with one attached hydrogen (secondary N) is 1. The van der Waals surface area contributed by atoms with Crippen LogP contribution in [-0.4, -0.2) is 49.2 Å². The lowest BCUT2D eigenvalue weighted by atomic mass is 10.1. The number of hydrogen-bond acceptors (Lipinski definition) is 7. The molecular formula is C31H31ClN6O2. The number of hydrogen-bond donors (Lipinski definition) is 2. The molecule has 4 heterocycles. The number of nitrogens with zero attached hydrogens (tertiary/aromatic N) is 5. The summed E-state index contributed by atoms with van der Waals surface area (Å²) in [5.74, 6) is 1.27. The number of rotatable bonds is 10. The second-order valence-corrected chi connectivity index (χ2v) is 10.4. The Bertz CT molecular complexity index is 1600. The highest BCUT2D eigenvalue weighted by molar-refractivity contribution is 6.32. The average molecular weight is 555 g/mol. The highest BCUT2D eigenvalue weighted by Crippen LogP contribution is 2.32. The van der Waals surface area contributed by atoms with Crippen LogP contribution in [0.3, 0.4) is 0 Å². The monoisotopic (exact) mass is 554 g/mol. The molecule has 8 nitrogen and oxygen atoms in total. The first-order valence-electron chi connectivity index (χ1n) is 13.5. The van der Waals surface area contributed by atoms with E-state index in [9.17, 15) is 5.11 Å². The molecule has 1 fully saturated rings. The Labute approximate surface area is 238 Å². The number of pyridine rings is 1. The van der Waals surface area contributed by atoms with Gasteiger partial charge in [0.05, 0.1) is 16.2 Å². The zero-order valence-corrected chi connectivity index (χ0v) is 22.9. The molecule has 1 saturated heterocycles. The summed E-state index contributed by atoms with van der Waals surface area (Å²) in [7, 11) is 0. The number of ether oxygens (including phenoxy) is 1. The van der Waals surface area contributed by atoms with E-state index < -0.39 is 0 Å². The quantitative estimate of drug-likeness (QED) is 0.221. The van der Waals surface area contributed by atoms with Crippen molar-refractivity contribution in [3.8, 4) is 11.4 Å². The van der Waals surface area contributed by atoms with Crippen molar-refractivity contribution in [2.24, 2.45) is 0 Å². The summed E-state index contributed by atoms with van der Waals surface area (Å²) in [6.45, 7) is 3.65. The molecule has 0 radical (unpaired) electrons. The molecule has 3 aromatic heterocycles. The lowest BCUT2D eigenvalue weighted by molar-refractivity contribution is 0.297. The lowest BCUT2D eigenvalue weighted by Crippen LogP contribution is -2.18. The third kappa shape index (κ3) is 5.94. The molecule has 0 spiro atoms. The number of halogens is 1. The maximum Gasteiger partial charge on any atom is 0.141 e. The van der Waals surface area contributed by atoms with E-state index in [0.717, 1.165) is 47.6 Å². The van der Waals surface area contributed by atoms with Crippen molar-refractivity contribution in [1.82, 2.24) is 24.4 Å². The van der Waals surface area contributed by atoms with Gasteiger partial charge in [0.1, 0.15) is 24.5 Å². The number of aromatic nitrogens is 4. The van der Waals surface area contributed by atoms with Gasteiger partial charge < -0.3 is 19.7 Å². The smallest absolute Gasteiger partial charge is 0.141 e.